The molecule has 4 aliphatic rings. The zero-order valence-corrected chi connectivity index (χ0v) is 30.1. The van der Waals surface area contributed by atoms with Gasteiger partial charge in [-0.15, -0.1) is 0 Å². The quantitative estimate of drug-likeness (QED) is 0.169. The van der Waals surface area contributed by atoms with Crippen LogP contribution in [-0.2, 0) is 28.8 Å². The van der Waals surface area contributed by atoms with E-state index < -0.39 is 53.2 Å². The fourth-order valence-electron chi connectivity index (χ4n) is 7.91. The fraction of sp³-hybridized carbons (Fsp3) is 0.806. The first-order chi connectivity index (χ1) is 23.1. The molecule has 0 spiro atoms. The molecule has 0 aromatic rings. The molecule has 5 N–H and O–H groups in total. The van der Waals surface area contributed by atoms with Crippen LogP contribution in [0.15, 0.2) is 0 Å². The summed E-state index contributed by atoms with van der Waals surface area (Å²) in [5.74, 6) is -3.36. The van der Waals surface area contributed by atoms with Gasteiger partial charge in [0.2, 0.25) is 29.4 Å². The first kappa shape index (κ1) is 38.3. The Morgan fingerprint density at radius 1 is 0.837 bits per heavy atom. The Balaban J connectivity index is 1.55. The molecule has 1 unspecified atom stereocenters. The maximum Gasteiger partial charge on any atom is 0.315 e. The molecule has 49 heavy (non-hydrogen) atoms. The highest BCUT2D eigenvalue weighted by Crippen LogP contribution is 2.35. The molecule has 0 radical (unpaired) electrons. The van der Waals surface area contributed by atoms with E-state index in [0.717, 1.165) is 51.4 Å². The molecular formula is C36H58N6O7. The predicted octanol–water partition coefficient (Wildman–Crippen LogP) is 2.79. The van der Waals surface area contributed by atoms with Crippen molar-refractivity contribution in [2.24, 2.45) is 34.8 Å². The van der Waals surface area contributed by atoms with Gasteiger partial charge in [-0.1, -0.05) is 73.1 Å². The highest BCUT2D eigenvalue weighted by molar-refractivity contribution is 6.37. The summed E-state index contributed by atoms with van der Waals surface area (Å²) in [6.07, 6.45) is 9.20. The van der Waals surface area contributed by atoms with Gasteiger partial charge in [-0.05, 0) is 61.2 Å². The number of urea groups is 1. The van der Waals surface area contributed by atoms with Gasteiger partial charge < -0.3 is 26.6 Å². The maximum absolute atomic E-state index is 14.6. The Hall–Kier alpha value is -3.51. The van der Waals surface area contributed by atoms with Crippen LogP contribution in [0.25, 0.3) is 0 Å². The molecule has 2 heterocycles. The third-order valence-electron chi connectivity index (χ3n) is 11.3. The molecule has 4 rings (SSSR count). The van der Waals surface area contributed by atoms with Gasteiger partial charge in [0.15, 0.2) is 0 Å². The minimum atomic E-state index is -1.10. The standard InChI is InChI=1S/C36H58N6O7/c1-21(2)24-17-18-41(30(24)33(47)38-25(31(45)32(37)46)19-22-11-9-12-22)34(48)29(23-13-7-6-8-14-23)40-35(49)39-26(36(3,4)5)20-42-27(43)15-10-16-28(42)44/h21-26,29-30H,6-20H2,1-5H3,(H2,37,46)(H,38,47)(H2,39,40,49)/t24-,25?,26-,29+,30+/m1/s1. The second kappa shape index (κ2) is 16.5. The monoisotopic (exact) mass is 686 g/mol. The smallest absolute Gasteiger partial charge is 0.315 e. The van der Waals surface area contributed by atoms with E-state index in [1.54, 1.807) is 4.90 Å². The van der Waals surface area contributed by atoms with Gasteiger partial charge >= 0.3 is 6.03 Å². The number of amides is 7. The number of carbonyl (C=O) groups is 7. The van der Waals surface area contributed by atoms with Crippen molar-refractivity contribution in [2.45, 2.75) is 142 Å². The molecule has 4 fully saturated rings. The number of nitrogens with two attached hydrogens (primary N) is 1. The number of nitrogens with one attached hydrogen (secondary N) is 3. The van der Waals surface area contributed by atoms with Crippen LogP contribution in [0.2, 0.25) is 0 Å². The highest BCUT2D eigenvalue weighted by atomic mass is 16.2. The van der Waals surface area contributed by atoms with Crippen molar-refractivity contribution in [3.8, 4) is 0 Å². The molecule has 7 amide bonds. The van der Waals surface area contributed by atoms with E-state index in [1.165, 1.54) is 4.90 Å². The zero-order valence-electron chi connectivity index (χ0n) is 30.1. The van der Waals surface area contributed by atoms with E-state index in [9.17, 15) is 33.6 Å². The topological polar surface area (TPSA) is 188 Å². The molecule has 0 aromatic carbocycles. The molecule has 0 bridgehead atoms. The Morgan fingerprint density at radius 3 is 2.00 bits per heavy atom. The van der Waals surface area contributed by atoms with Gasteiger partial charge in [-0.3, -0.25) is 33.7 Å². The minimum absolute atomic E-state index is 0.0348. The number of hydrogen-bond acceptors (Lipinski definition) is 7. The normalized spacial score (nSPS) is 24.2. The lowest BCUT2D eigenvalue weighted by atomic mass is 9.80. The van der Waals surface area contributed by atoms with Crippen LogP contribution in [0, 0.1) is 29.1 Å². The van der Waals surface area contributed by atoms with Crippen molar-refractivity contribution in [3.63, 3.8) is 0 Å². The Bertz CT molecular complexity index is 1250. The number of carbonyl (C=O) groups excluding carboxylic acids is 7. The maximum atomic E-state index is 14.6. The van der Waals surface area contributed by atoms with Gasteiger partial charge in [-0.2, -0.15) is 0 Å². The van der Waals surface area contributed by atoms with Gasteiger partial charge in [0.05, 0.1) is 12.1 Å². The van der Waals surface area contributed by atoms with E-state index in [-0.39, 0.29) is 60.8 Å². The average molecular weight is 687 g/mol. The summed E-state index contributed by atoms with van der Waals surface area (Å²) in [5.41, 5.74) is 4.85. The first-order valence-electron chi connectivity index (χ1n) is 18.4. The molecule has 274 valence electrons. The Kier molecular flexibility index (Phi) is 12.9. The second-order valence-corrected chi connectivity index (χ2v) is 16.2. The summed E-state index contributed by atoms with van der Waals surface area (Å²) < 4.78 is 0. The highest BCUT2D eigenvalue weighted by Gasteiger charge is 2.47. The van der Waals surface area contributed by atoms with Crippen molar-refractivity contribution < 1.29 is 33.6 Å². The number of imide groups is 1. The van der Waals surface area contributed by atoms with Gasteiger partial charge in [0, 0.05) is 25.9 Å². The molecule has 0 aromatic heterocycles. The molecule has 2 saturated heterocycles. The van der Waals surface area contributed by atoms with Crippen LogP contribution in [0.5, 0.6) is 0 Å². The summed E-state index contributed by atoms with van der Waals surface area (Å²) in [6, 6.07) is -3.99. The Morgan fingerprint density at radius 2 is 1.47 bits per heavy atom. The van der Waals surface area contributed by atoms with Crippen molar-refractivity contribution in [1.29, 1.82) is 0 Å². The zero-order chi connectivity index (χ0) is 36.0. The number of rotatable bonds is 13. The predicted molar refractivity (Wildman–Crippen MR) is 182 cm³/mol. The van der Waals surface area contributed by atoms with Crippen molar-refractivity contribution in [1.82, 2.24) is 25.8 Å². The first-order valence-corrected chi connectivity index (χ1v) is 18.4. The number of ketones is 1. The van der Waals surface area contributed by atoms with Crippen LogP contribution < -0.4 is 21.7 Å². The molecule has 5 atom stereocenters. The van der Waals surface area contributed by atoms with Crippen LogP contribution >= 0.6 is 0 Å². The molecule has 2 saturated carbocycles. The lowest BCUT2D eigenvalue weighted by Gasteiger charge is -2.38. The molecule has 2 aliphatic heterocycles. The van der Waals surface area contributed by atoms with Crippen LogP contribution in [-0.4, -0.2) is 88.4 Å². The van der Waals surface area contributed by atoms with E-state index >= 15 is 0 Å². The lowest BCUT2D eigenvalue weighted by molar-refractivity contribution is -0.148. The minimum Gasteiger partial charge on any atom is -0.363 e. The summed E-state index contributed by atoms with van der Waals surface area (Å²) in [6.45, 7) is 10.1. The van der Waals surface area contributed by atoms with Gasteiger partial charge in [0.1, 0.15) is 12.1 Å². The molecular weight excluding hydrogens is 628 g/mol. The largest absolute Gasteiger partial charge is 0.363 e. The summed E-state index contributed by atoms with van der Waals surface area (Å²) in [5, 5.41) is 8.75. The molecule has 13 heteroatoms. The molecule has 2 aliphatic carbocycles. The number of nitrogens with zero attached hydrogens (tertiary/aromatic N) is 2. The average Bonchev–Trinajstić information content (AvgIpc) is 3.47. The van der Waals surface area contributed by atoms with Crippen LogP contribution in [0.4, 0.5) is 4.79 Å². The fourth-order valence-corrected chi connectivity index (χ4v) is 7.91. The number of Topliss-reactive ketones (excluding diaryl/α,β-unsaturated/α-hetero) is 1. The number of piperidine rings is 1. The van der Waals surface area contributed by atoms with E-state index in [4.69, 9.17) is 5.73 Å². The van der Waals surface area contributed by atoms with Crippen LogP contribution in [0.1, 0.15) is 118 Å². The third kappa shape index (κ3) is 9.60. The van der Waals surface area contributed by atoms with Crippen LogP contribution in [0.3, 0.4) is 0 Å². The second-order valence-electron chi connectivity index (χ2n) is 16.2. The number of likely N-dealkylation sites (tertiary alicyclic amines) is 2. The number of hydrogen-bond donors (Lipinski definition) is 4. The van der Waals surface area contributed by atoms with Crippen molar-refractivity contribution in [2.75, 3.05) is 13.1 Å². The van der Waals surface area contributed by atoms with E-state index in [2.05, 4.69) is 16.0 Å². The summed E-state index contributed by atoms with van der Waals surface area (Å²) >= 11 is 0. The van der Waals surface area contributed by atoms with E-state index in [1.807, 2.05) is 34.6 Å². The van der Waals surface area contributed by atoms with Crippen molar-refractivity contribution >= 4 is 41.4 Å². The summed E-state index contributed by atoms with van der Waals surface area (Å²) in [4.78, 5) is 95.0. The molecule has 13 nitrogen and oxygen atoms in total. The summed E-state index contributed by atoms with van der Waals surface area (Å²) in [7, 11) is 0. The van der Waals surface area contributed by atoms with Crippen molar-refractivity contribution in [3.05, 3.63) is 0 Å². The van der Waals surface area contributed by atoms with E-state index in [0.29, 0.717) is 25.8 Å². The SMILES string of the molecule is CC(C)[C@H]1CCN(C(=O)[C@@H](NC(=O)N[C@H](CN2C(=O)CCCC2=O)C(C)(C)C)C2CCCCC2)[C@@H]1C(=O)NC(CC1CCC1)C(=O)C(N)=O. The van der Waals surface area contributed by atoms with Gasteiger partial charge in [0.25, 0.3) is 5.91 Å². The lowest BCUT2D eigenvalue weighted by Crippen LogP contribution is -2.62. The third-order valence-corrected chi connectivity index (χ3v) is 11.3. The Labute approximate surface area is 290 Å². The van der Waals surface area contributed by atoms with Gasteiger partial charge in [-0.25, -0.2) is 4.79 Å². The number of primary amides is 1.